The predicted molar refractivity (Wildman–Crippen MR) is 101 cm³/mol. The van der Waals surface area contributed by atoms with Crippen LogP contribution in [0.5, 0.6) is 0 Å². The van der Waals surface area contributed by atoms with Crippen LogP contribution < -0.4 is 0 Å². The molecule has 4 rings (SSSR count). The van der Waals surface area contributed by atoms with Crippen LogP contribution in [0.2, 0.25) is 0 Å². The largest absolute Gasteiger partial charge is 0.462 e. The van der Waals surface area contributed by atoms with E-state index in [1.165, 1.54) is 20.9 Å². The van der Waals surface area contributed by atoms with Gasteiger partial charge >= 0.3 is 5.97 Å². The number of hydrogen-bond acceptors (Lipinski definition) is 3. The molecule has 0 fully saturated rings. The van der Waals surface area contributed by atoms with Crippen LogP contribution in [0.1, 0.15) is 28.4 Å². The van der Waals surface area contributed by atoms with Gasteiger partial charge in [-0.05, 0) is 47.4 Å². The average molecular weight is 346 g/mol. The van der Waals surface area contributed by atoms with Gasteiger partial charge in [-0.15, -0.1) is 0 Å². The van der Waals surface area contributed by atoms with Crippen LogP contribution in [0.15, 0.2) is 76.5 Å². The highest BCUT2D eigenvalue weighted by atomic mass is 32.2. The normalized spacial score (nSPS) is 12.2. The molecule has 3 aromatic carbocycles. The number of esters is 1. The van der Waals surface area contributed by atoms with Gasteiger partial charge in [-0.1, -0.05) is 60.3 Å². The Hall–Kier alpha value is -2.52. The SMILES string of the molecule is CCOC(=O)c1ccccc1-c1cccc2c1Cc1ccccc1S2. The monoisotopic (exact) mass is 346 g/mol. The highest BCUT2D eigenvalue weighted by Gasteiger charge is 2.21. The maximum Gasteiger partial charge on any atom is 0.338 e. The number of ether oxygens (including phenoxy) is 1. The number of carbonyl (C=O) groups excluding carboxylic acids is 1. The van der Waals surface area contributed by atoms with E-state index in [9.17, 15) is 4.79 Å². The lowest BCUT2D eigenvalue weighted by molar-refractivity contribution is 0.0527. The third kappa shape index (κ3) is 2.96. The van der Waals surface area contributed by atoms with Crippen molar-refractivity contribution in [3.8, 4) is 11.1 Å². The highest BCUT2D eigenvalue weighted by molar-refractivity contribution is 7.99. The van der Waals surface area contributed by atoms with Crippen LogP contribution in [0.25, 0.3) is 11.1 Å². The zero-order valence-corrected chi connectivity index (χ0v) is 14.8. The number of benzene rings is 3. The van der Waals surface area contributed by atoms with Crippen molar-refractivity contribution >= 4 is 17.7 Å². The standard InChI is InChI=1S/C22H18O2S/c1-2-24-22(23)18-10-5-4-9-16(18)17-11-7-13-21-19(17)14-15-8-3-6-12-20(15)25-21/h3-13H,2,14H2,1H3. The lowest BCUT2D eigenvalue weighted by Gasteiger charge is -2.22. The molecular weight excluding hydrogens is 328 g/mol. The Morgan fingerprint density at radius 3 is 2.52 bits per heavy atom. The van der Waals surface area contributed by atoms with Gasteiger partial charge in [0.05, 0.1) is 12.2 Å². The fourth-order valence-electron chi connectivity index (χ4n) is 3.26. The van der Waals surface area contributed by atoms with Crippen LogP contribution in [-0.2, 0) is 11.2 Å². The Morgan fingerprint density at radius 2 is 1.64 bits per heavy atom. The fourth-order valence-corrected chi connectivity index (χ4v) is 4.37. The second-order valence-corrected chi connectivity index (χ2v) is 7.02. The smallest absolute Gasteiger partial charge is 0.338 e. The first kappa shape index (κ1) is 16.0. The van der Waals surface area contributed by atoms with E-state index < -0.39 is 0 Å². The van der Waals surface area contributed by atoms with Crippen LogP contribution in [0, 0.1) is 0 Å². The summed E-state index contributed by atoms with van der Waals surface area (Å²) in [5.41, 5.74) is 5.30. The minimum atomic E-state index is -0.264. The Kier molecular flexibility index (Phi) is 4.33. The molecule has 0 N–H and O–H groups in total. The van der Waals surface area contributed by atoms with Gasteiger partial charge in [0, 0.05) is 16.2 Å². The molecule has 0 saturated carbocycles. The molecule has 0 aromatic heterocycles. The summed E-state index contributed by atoms with van der Waals surface area (Å²) < 4.78 is 5.25. The van der Waals surface area contributed by atoms with E-state index in [2.05, 4.69) is 42.5 Å². The van der Waals surface area contributed by atoms with Gasteiger partial charge in [-0.2, -0.15) is 0 Å². The summed E-state index contributed by atoms with van der Waals surface area (Å²) in [4.78, 5) is 14.9. The minimum Gasteiger partial charge on any atom is -0.462 e. The van der Waals surface area contributed by atoms with Crippen molar-refractivity contribution in [3.63, 3.8) is 0 Å². The van der Waals surface area contributed by atoms with Gasteiger partial charge in [0.25, 0.3) is 0 Å². The molecular formula is C22H18O2S. The van der Waals surface area contributed by atoms with Crippen molar-refractivity contribution < 1.29 is 9.53 Å². The first-order valence-corrected chi connectivity index (χ1v) is 9.23. The third-order valence-corrected chi connectivity index (χ3v) is 5.63. The van der Waals surface area contributed by atoms with Gasteiger partial charge in [0.1, 0.15) is 0 Å². The van der Waals surface area contributed by atoms with Crippen LogP contribution in [0.4, 0.5) is 0 Å². The topological polar surface area (TPSA) is 26.3 Å². The van der Waals surface area contributed by atoms with Crippen molar-refractivity contribution in [3.05, 3.63) is 83.4 Å². The van der Waals surface area contributed by atoms with E-state index in [1.807, 2.05) is 31.2 Å². The van der Waals surface area contributed by atoms with Crippen LogP contribution in [-0.4, -0.2) is 12.6 Å². The van der Waals surface area contributed by atoms with Crippen LogP contribution in [0.3, 0.4) is 0 Å². The fraction of sp³-hybridized carbons (Fsp3) is 0.136. The van der Waals surface area contributed by atoms with Crippen molar-refractivity contribution in [2.45, 2.75) is 23.1 Å². The molecule has 3 heteroatoms. The van der Waals surface area contributed by atoms with Gasteiger partial charge in [-0.25, -0.2) is 4.79 Å². The number of hydrogen-bond donors (Lipinski definition) is 0. The first-order chi connectivity index (χ1) is 12.3. The highest BCUT2D eigenvalue weighted by Crippen LogP contribution is 2.43. The quantitative estimate of drug-likeness (QED) is 0.453. The molecule has 1 aliphatic rings. The van der Waals surface area contributed by atoms with Crippen molar-refractivity contribution in [1.29, 1.82) is 0 Å². The molecule has 124 valence electrons. The maximum atomic E-state index is 12.4. The summed E-state index contributed by atoms with van der Waals surface area (Å²) in [6, 6.07) is 22.5. The second kappa shape index (κ2) is 6.77. The van der Waals surface area contributed by atoms with E-state index in [1.54, 1.807) is 11.8 Å². The van der Waals surface area contributed by atoms with E-state index >= 15 is 0 Å². The Labute approximate surface area is 151 Å². The maximum absolute atomic E-state index is 12.4. The van der Waals surface area contributed by atoms with Crippen molar-refractivity contribution in [1.82, 2.24) is 0 Å². The zero-order valence-electron chi connectivity index (χ0n) is 14.0. The van der Waals surface area contributed by atoms with Crippen molar-refractivity contribution in [2.24, 2.45) is 0 Å². The lowest BCUT2D eigenvalue weighted by Crippen LogP contribution is -2.08. The second-order valence-electron chi connectivity index (χ2n) is 5.93. The average Bonchev–Trinajstić information content (AvgIpc) is 2.66. The molecule has 0 spiro atoms. The molecule has 0 unspecified atom stereocenters. The number of fused-ring (bicyclic) bond motifs is 2. The summed E-state index contributed by atoms with van der Waals surface area (Å²) in [6.45, 7) is 2.21. The number of rotatable bonds is 3. The first-order valence-electron chi connectivity index (χ1n) is 8.42. The lowest BCUT2D eigenvalue weighted by atomic mass is 9.92. The Balaban J connectivity index is 1.84. The molecule has 3 aromatic rings. The third-order valence-electron chi connectivity index (χ3n) is 4.41. The predicted octanol–water partition coefficient (Wildman–Crippen LogP) is 5.59. The molecule has 2 nitrogen and oxygen atoms in total. The van der Waals surface area contributed by atoms with Gasteiger partial charge in [0.2, 0.25) is 0 Å². The molecule has 0 bridgehead atoms. The summed E-state index contributed by atoms with van der Waals surface area (Å²) >= 11 is 1.80. The van der Waals surface area contributed by atoms with E-state index in [4.69, 9.17) is 4.74 Å². The molecule has 1 aliphatic heterocycles. The van der Waals surface area contributed by atoms with Gasteiger partial charge < -0.3 is 4.74 Å². The Morgan fingerprint density at radius 1 is 0.920 bits per heavy atom. The molecule has 25 heavy (non-hydrogen) atoms. The molecule has 0 atom stereocenters. The molecule has 1 heterocycles. The van der Waals surface area contributed by atoms with Gasteiger partial charge in [0.15, 0.2) is 0 Å². The van der Waals surface area contributed by atoms with E-state index in [0.717, 1.165) is 17.5 Å². The van der Waals surface area contributed by atoms with E-state index in [0.29, 0.717) is 12.2 Å². The molecule has 0 radical (unpaired) electrons. The summed E-state index contributed by atoms with van der Waals surface area (Å²) in [6.07, 6.45) is 0.881. The van der Waals surface area contributed by atoms with Crippen LogP contribution >= 0.6 is 11.8 Å². The summed E-state index contributed by atoms with van der Waals surface area (Å²) in [5.74, 6) is -0.264. The molecule has 0 saturated heterocycles. The minimum absolute atomic E-state index is 0.264. The van der Waals surface area contributed by atoms with Gasteiger partial charge in [-0.3, -0.25) is 0 Å². The summed E-state index contributed by atoms with van der Waals surface area (Å²) in [5, 5.41) is 0. The molecule has 0 amide bonds. The summed E-state index contributed by atoms with van der Waals surface area (Å²) in [7, 11) is 0. The van der Waals surface area contributed by atoms with E-state index in [-0.39, 0.29) is 5.97 Å². The van der Waals surface area contributed by atoms with Crippen molar-refractivity contribution in [2.75, 3.05) is 6.61 Å². The Bertz CT molecular complexity index is 946. The molecule has 0 aliphatic carbocycles. The zero-order chi connectivity index (χ0) is 17.2. The number of carbonyl (C=O) groups is 1.